The Morgan fingerprint density at radius 3 is 2.21 bits per heavy atom. The number of imidazole rings is 1. The van der Waals surface area contributed by atoms with Gasteiger partial charge in [0.25, 0.3) is 0 Å². The smallest absolute Gasteiger partial charge is 0.386 e. The lowest BCUT2D eigenvalue weighted by Gasteiger charge is -2.30. The van der Waals surface area contributed by atoms with Gasteiger partial charge in [-0.05, 0) is 6.42 Å². The van der Waals surface area contributed by atoms with Crippen LogP contribution in [0.3, 0.4) is 0 Å². The Bertz CT molecular complexity index is 1900. The minimum Gasteiger partial charge on any atom is -0.386 e. The first-order valence-corrected chi connectivity index (χ1v) is 23.5. The molecule has 0 radical (unpaired) electrons. The molecule has 0 bridgehead atoms. The molecule has 0 saturated carbocycles. The zero-order valence-corrected chi connectivity index (χ0v) is 35.1. The Balaban J connectivity index is 0.00000218. The highest BCUT2D eigenvalue weighted by Crippen LogP contribution is 2.61. The molecule has 0 aliphatic carbocycles. The lowest BCUT2D eigenvalue weighted by atomic mass is 9.87. The summed E-state index contributed by atoms with van der Waals surface area (Å²) in [5.41, 5.74) is 4.27. The number of phosphoric ester groups is 3. The first kappa shape index (κ1) is 51.8. The third kappa shape index (κ3) is 18.1. The Morgan fingerprint density at radius 1 is 0.983 bits per heavy atom. The topological polar surface area (TPSA) is 441 Å². The second-order valence-electron chi connectivity index (χ2n) is 12.6. The molecule has 1 aliphatic heterocycles. The molecule has 3 heterocycles. The maximum absolute atomic E-state index is 12.6. The summed E-state index contributed by atoms with van der Waals surface area (Å²) in [4.78, 5) is 108. The van der Waals surface area contributed by atoms with Gasteiger partial charge in [-0.1, -0.05) is 32.5 Å². The van der Waals surface area contributed by atoms with E-state index in [-0.39, 0.29) is 41.6 Å². The number of nitrogen functional groups attached to an aromatic ring is 1. The number of aromatic nitrogens is 4. The van der Waals surface area contributed by atoms with Crippen molar-refractivity contribution in [2.24, 2.45) is 5.41 Å². The van der Waals surface area contributed by atoms with E-state index in [2.05, 4.69) is 34.4 Å². The number of phosphoric acid groups is 4. The predicted molar refractivity (Wildman–Crippen MR) is 196 cm³/mol. The summed E-state index contributed by atoms with van der Waals surface area (Å²) in [6.07, 6.45) is -5.73. The second-order valence-corrected chi connectivity index (χ2v) is 19.0. The van der Waals surface area contributed by atoms with Crippen LogP contribution in [-0.4, -0.2) is 137 Å². The molecule has 1 aliphatic rings. The van der Waals surface area contributed by atoms with Gasteiger partial charge in [0, 0.05) is 37.1 Å². The average molecular weight is 936 g/mol. The molecule has 3 rings (SSSR count). The molecular formula is C25H45N7O21P4S. The highest BCUT2D eigenvalue weighted by atomic mass is 32.2. The van der Waals surface area contributed by atoms with E-state index >= 15 is 0 Å². The number of carbonyl (C=O) groups excluding carboxylic acids is 3. The van der Waals surface area contributed by atoms with Crippen molar-refractivity contribution in [2.45, 2.75) is 70.7 Å². The number of carbonyl (C=O) groups is 3. The van der Waals surface area contributed by atoms with Gasteiger partial charge in [0.2, 0.25) is 11.8 Å². The Kier molecular flexibility index (Phi) is 19.6. The molecule has 0 spiro atoms. The quantitative estimate of drug-likeness (QED) is 0.0502. The van der Waals surface area contributed by atoms with E-state index in [4.69, 9.17) is 38.8 Å². The lowest BCUT2D eigenvalue weighted by molar-refractivity contribution is -0.137. The van der Waals surface area contributed by atoms with Crippen molar-refractivity contribution < 1.29 is 99.7 Å². The monoisotopic (exact) mass is 935 g/mol. The first-order chi connectivity index (χ1) is 26.6. The summed E-state index contributed by atoms with van der Waals surface area (Å²) < 4.78 is 70.8. The molecule has 2 aromatic heterocycles. The van der Waals surface area contributed by atoms with Crippen molar-refractivity contribution in [3.8, 4) is 0 Å². The standard InChI is InChI=1S/C25H42N7O17P3S.H3O4P/c1-4-5-16(34)53-9-8-27-15(33)6-7-28-23(37)20(36)25(2,3)11-46-52(43,44)49-51(41,42)45-10-14-19(48-50(38,39)40)18(35)24(47-14)32-13-31-17-21(26)29-12-30-22(17)32;1-5(2,3)4/h12-14,18-20,24,35-36H,4-11H2,1-3H3,(H,27,33)(H,28,37)(H,41,42)(H,43,44)(H2,26,29,30)(H2,38,39,40);(H3,1,2,3,4)/t14-,18-,19-,20+,24-;/m1./s1. The van der Waals surface area contributed by atoms with E-state index in [1.807, 2.05) is 6.92 Å². The van der Waals surface area contributed by atoms with Crippen LogP contribution in [0, 0.1) is 5.41 Å². The summed E-state index contributed by atoms with van der Waals surface area (Å²) in [5, 5.41) is 26.3. The maximum atomic E-state index is 12.6. The molecule has 1 saturated heterocycles. The second kappa shape index (κ2) is 22.0. The van der Waals surface area contributed by atoms with Crippen LogP contribution in [0.25, 0.3) is 11.2 Å². The number of hydrogen-bond donors (Lipinski definition) is 12. The highest BCUT2D eigenvalue weighted by molar-refractivity contribution is 8.13. The molecule has 28 nitrogen and oxygen atoms in total. The lowest BCUT2D eigenvalue weighted by Crippen LogP contribution is -2.46. The van der Waals surface area contributed by atoms with Crippen LogP contribution in [-0.2, 0) is 55.3 Å². The maximum Gasteiger partial charge on any atom is 0.481 e. The van der Waals surface area contributed by atoms with Gasteiger partial charge in [-0.2, -0.15) is 4.31 Å². The number of thioether (sulfide) groups is 1. The van der Waals surface area contributed by atoms with E-state index in [1.54, 1.807) is 0 Å². The molecule has 13 N–H and O–H groups in total. The van der Waals surface area contributed by atoms with Gasteiger partial charge in [-0.15, -0.1) is 0 Å². The predicted octanol–water partition coefficient (Wildman–Crippen LogP) is -1.46. The van der Waals surface area contributed by atoms with Gasteiger partial charge in [0.1, 0.15) is 36.3 Å². The number of nitrogens with two attached hydrogens (primary N) is 1. The number of anilines is 1. The van der Waals surface area contributed by atoms with Gasteiger partial charge >= 0.3 is 31.3 Å². The van der Waals surface area contributed by atoms with E-state index in [9.17, 15) is 57.9 Å². The van der Waals surface area contributed by atoms with Gasteiger partial charge in [-0.3, -0.25) is 32.5 Å². The number of ether oxygens (including phenoxy) is 1. The van der Waals surface area contributed by atoms with Crippen molar-refractivity contribution in [1.82, 2.24) is 30.2 Å². The van der Waals surface area contributed by atoms with Crippen LogP contribution in [0.2, 0.25) is 0 Å². The van der Waals surface area contributed by atoms with E-state index in [1.165, 1.54) is 13.8 Å². The van der Waals surface area contributed by atoms with Crippen molar-refractivity contribution in [3.63, 3.8) is 0 Å². The summed E-state index contributed by atoms with van der Waals surface area (Å²) in [6, 6.07) is 0. The number of nitrogens with one attached hydrogen (secondary N) is 2. The Morgan fingerprint density at radius 2 is 1.60 bits per heavy atom. The zero-order chi connectivity index (χ0) is 44.3. The average Bonchev–Trinajstić information content (AvgIpc) is 3.64. The van der Waals surface area contributed by atoms with Crippen molar-refractivity contribution in [3.05, 3.63) is 12.7 Å². The van der Waals surface area contributed by atoms with Crippen LogP contribution < -0.4 is 16.4 Å². The summed E-state index contributed by atoms with van der Waals surface area (Å²) in [7, 11) is -21.0. The fourth-order valence-electron chi connectivity index (χ4n) is 4.57. The Labute approximate surface area is 332 Å². The summed E-state index contributed by atoms with van der Waals surface area (Å²) in [5.74, 6) is -1.06. The summed E-state index contributed by atoms with van der Waals surface area (Å²) in [6.45, 7) is 2.41. The first-order valence-electron chi connectivity index (χ1n) is 16.4. The molecule has 2 unspecified atom stereocenters. The van der Waals surface area contributed by atoms with Gasteiger partial charge in [0.05, 0.1) is 19.5 Å². The minimum atomic E-state index is -5.56. The number of fused-ring (bicyclic) bond motifs is 1. The fourth-order valence-corrected chi connectivity index (χ4v) is 8.18. The van der Waals surface area contributed by atoms with Crippen LogP contribution in [0.4, 0.5) is 5.82 Å². The SMILES string of the molecule is CCCC(=O)SCCNC(=O)CCNC(=O)[C@H](O)C(C)(C)COP(=O)(O)OP(=O)(O)OC[C@H]1O[C@@H](n2cnc3c(N)ncnc32)[C@H](O)[C@@H]1OP(=O)(O)O.O=P(O)(O)O. The van der Waals surface area contributed by atoms with E-state index in [0.29, 0.717) is 12.2 Å². The molecule has 33 heteroatoms. The molecule has 2 amide bonds. The van der Waals surface area contributed by atoms with Crippen molar-refractivity contribution >= 4 is 77.0 Å². The van der Waals surface area contributed by atoms with Gasteiger partial charge in [-0.25, -0.2) is 33.2 Å². The van der Waals surface area contributed by atoms with E-state index in [0.717, 1.165) is 35.4 Å². The Hall–Kier alpha value is -2.33. The minimum absolute atomic E-state index is 0.0127. The molecule has 332 valence electrons. The van der Waals surface area contributed by atoms with Crippen LogP contribution in [0.1, 0.15) is 46.3 Å². The highest BCUT2D eigenvalue weighted by Gasteiger charge is 2.50. The van der Waals surface area contributed by atoms with Crippen LogP contribution >= 0.6 is 43.1 Å². The van der Waals surface area contributed by atoms with Crippen LogP contribution in [0.15, 0.2) is 12.7 Å². The number of hydrogen-bond acceptors (Lipinski definition) is 19. The molecular weight excluding hydrogens is 890 g/mol. The number of nitrogens with zero attached hydrogens (tertiary/aromatic N) is 4. The number of rotatable bonds is 21. The molecule has 2 aromatic rings. The molecule has 58 heavy (non-hydrogen) atoms. The third-order valence-corrected chi connectivity index (χ3v) is 11.3. The van der Waals surface area contributed by atoms with Gasteiger partial charge < -0.3 is 65.6 Å². The molecule has 1 fully saturated rings. The summed E-state index contributed by atoms with van der Waals surface area (Å²) >= 11 is 1.09. The van der Waals surface area contributed by atoms with Crippen LogP contribution in [0.5, 0.6) is 0 Å². The zero-order valence-electron chi connectivity index (χ0n) is 30.7. The number of aliphatic hydroxyl groups excluding tert-OH is 2. The van der Waals surface area contributed by atoms with Crippen molar-refractivity contribution in [1.29, 1.82) is 0 Å². The largest absolute Gasteiger partial charge is 0.481 e. The van der Waals surface area contributed by atoms with Crippen molar-refractivity contribution in [2.75, 3.05) is 37.8 Å². The third-order valence-electron chi connectivity index (χ3n) is 7.22. The molecule has 7 atom stereocenters. The van der Waals surface area contributed by atoms with E-state index < -0.39 is 92.4 Å². The number of amides is 2. The van der Waals surface area contributed by atoms with Gasteiger partial charge in [0.15, 0.2) is 22.8 Å². The molecule has 0 aromatic carbocycles. The number of aliphatic hydroxyl groups is 2. The fraction of sp³-hybridized carbons (Fsp3) is 0.680. The normalized spacial score (nSPS) is 21.3.